The molecule has 6 heteroatoms. The van der Waals surface area contributed by atoms with Crippen molar-refractivity contribution in [3.63, 3.8) is 0 Å². The Labute approximate surface area is 113 Å². The first-order valence-corrected chi connectivity index (χ1v) is 6.49. The van der Waals surface area contributed by atoms with E-state index >= 15 is 0 Å². The van der Waals surface area contributed by atoms with Crippen molar-refractivity contribution in [1.82, 2.24) is 15.0 Å². The van der Waals surface area contributed by atoms with Gasteiger partial charge in [0.25, 0.3) is 0 Å². The summed E-state index contributed by atoms with van der Waals surface area (Å²) in [5, 5.41) is 7.94. The predicted octanol–water partition coefficient (Wildman–Crippen LogP) is 2.64. The minimum atomic E-state index is -0.263. The van der Waals surface area contributed by atoms with Gasteiger partial charge in [-0.25, -0.2) is 9.07 Å². The number of hydrogen-bond donors (Lipinski definition) is 1. The van der Waals surface area contributed by atoms with Crippen LogP contribution in [0.3, 0.4) is 0 Å². The molecule has 0 spiro atoms. The van der Waals surface area contributed by atoms with Crippen molar-refractivity contribution in [1.29, 1.82) is 0 Å². The van der Waals surface area contributed by atoms with Crippen LogP contribution in [0.15, 0.2) is 28.9 Å². The van der Waals surface area contributed by atoms with E-state index < -0.39 is 0 Å². The van der Waals surface area contributed by atoms with Crippen LogP contribution >= 0.6 is 15.9 Å². The number of nitrogens with zero attached hydrogens (tertiary/aromatic N) is 3. The van der Waals surface area contributed by atoms with E-state index in [1.54, 1.807) is 23.0 Å². The molecule has 96 valence electrons. The molecule has 0 radical (unpaired) electrons. The molecule has 0 bridgehead atoms. The lowest BCUT2D eigenvalue weighted by atomic mass is 10.2. The van der Waals surface area contributed by atoms with Gasteiger partial charge in [-0.3, -0.25) is 0 Å². The van der Waals surface area contributed by atoms with Crippen molar-refractivity contribution in [2.75, 3.05) is 0 Å². The molecule has 1 aromatic carbocycles. The highest BCUT2D eigenvalue weighted by Gasteiger charge is 2.10. The van der Waals surface area contributed by atoms with E-state index in [1.165, 1.54) is 6.07 Å². The summed E-state index contributed by atoms with van der Waals surface area (Å²) in [5.74, 6) is -0.263. The Kier molecular flexibility index (Phi) is 4.08. The smallest absolute Gasteiger partial charge is 0.129 e. The summed E-state index contributed by atoms with van der Waals surface area (Å²) in [5.41, 5.74) is 7.16. The van der Waals surface area contributed by atoms with Crippen LogP contribution in [0, 0.1) is 5.82 Å². The third-order valence-electron chi connectivity index (χ3n) is 2.72. The molecule has 2 rings (SSSR count). The van der Waals surface area contributed by atoms with E-state index in [4.69, 9.17) is 5.73 Å². The summed E-state index contributed by atoms with van der Waals surface area (Å²) in [6.07, 6.45) is 2.56. The van der Waals surface area contributed by atoms with E-state index in [-0.39, 0.29) is 11.9 Å². The fraction of sp³-hybridized carbons (Fsp3) is 0.333. The third kappa shape index (κ3) is 2.94. The minimum absolute atomic E-state index is 0.117. The second-order valence-electron chi connectivity index (χ2n) is 4.09. The van der Waals surface area contributed by atoms with Crippen LogP contribution < -0.4 is 5.73 Å². The Hall–Kier alpha value is -1.27. The lowest BCUT2D eigenvalue weighted by Crippen LogP contribution is -2.08. The van der Waals surface area contributed by atoms with Gasteiger partial charge in [-0.15, -0.1) is 5.10 Å². The molecule has 0 aliphatic carbocycles. The molecule has 0 fully saturated rings. The average Bonchev–Trinajstić information content (AvgIpc) is 2.80. The van der Waals surface area contributed by atoms with Gasteiger partial charge in [0.2, 0.25) is 0 Å². The lowest BCUT2D eigenvalue weighted by Gasteiger charge is -2.04. The Morgan fingerprint density at radius 2 is 2.28 bits per heavy atom. The molecule has 2 N–H and O–H groups in total. The summed E-state index contributed by atoms with van der Waals surface area (Å²) < 4.78 is 16.0. The van der Waals surface area contributed by atoms with Crippen LogP contribution in [0.2, 0.25) is 0 Å². The average molecular weight is 313 g/mol. The zero-order valence-electron chi connectivity index (χ0n) is 9.98. The molecule has 1 heterocycles. The standard InChI is InChI=1S/C12H14BrFN4/c1-2-11(15)12-7-18(17-16-12)6-8-3-4-9(13)5-10(8)14/h3-5,7,11H,2,6,15H2,1H3. The quantitative estimate of drug-likeness (QED) is 0.944. The zero-order valence-corrected chi connectivity index (χ0v) is 11.6. The topological polar surface area (TPSA) is 56.7 Å². The molecule has 0 saturated heterocycles. The van der Waals surface area contributed by atoms with Crippen molar-refractivity contribution in [3.8, 4) is 0 Å². The van der Waals surface area contributed by atoms with Gasteiger partial charge in [-0.1, -0.05) is 34.1 Å². The van der Waals surface area contributed by atoms with Crippen molar-refractivity contribution >= 4 is 15.9 Å². The number of halogens is 2. The molecule has 18 heavy (non-hydrogen) atoms. The van der Waals surface area contributed by atoms with Gasteiger partial charge in [0.1, 0.15) is 5.82 Å². The lowest BCUT2D eigenvalue weighted by molar-refractivity contribution is 0.576. The van der Waals surface area contributed by atoms with Crippen LogP contribution in [-0.2, 0) is 6.54 Å². The van der Waals surface area contributed by atoms with Crippen molar-refractivity contribution in [2.24, 2.45) is 5.73 Å². The number of nitrogens with two attached hydrogens (primary N) is 1. The summed E-state index contributed by atoms with van der Waals surface area (Å²) in [6, 6.07) is 4.84. The highest BCUT2D eigenvalue weighted by atomic mass is 79.9. The van der Waals surface area contributed by atoms with E-state index in [1.807, 2.05) is 6.92 Å². The molecule has 0 aliphatic rings. The number of hydrogen-bond acceptors (Lipinski definition) is 3. The molecule has 0 saturated carbocycles. The second-order valence-corrected chi connectivity index (χ2v) is 5.01. The first-order valence-electron chi connectivity index (χ1n) is 5.69. The Balaban J connectivity index is 2.16. The van der Waals surface area contributed by atoms with E-state index in [0.29, 0.717) is 12.1 Å². The van der Waals surface area contributed by atoms with Gasteiger partial charge < -0.3 is 5.73 Å². The van der Waals surface area contributed by atoms with E-state index in [0.717, 1.165) is 16.6 Å². The maximum atomic E-state index is 13.7. The highest BCUT2D eigenvalue weighted by Crippen LogP contribution is 2.16. The molecule has 1 unspecified atom stereocenters. The summed E-state index contributed by atoms with van der Waals surface area (Å²) in [6.45, 7) is 2.33. The molecule has 1 aromatic heterocycles. The number of aromatic nitrogens is 3. The van der Waals surface area contributed by atoms with Crippen molar-refractivity contribution < 1.29 is 4.39 Å². The second kappa shape index (κ2) is 5.58. The summed E-state index contributed by atoms with van der Waals surface area (Å²) >= 11 is 3.22. The van der Waals surface area contributed by atoms with Crippen molar-refractivity contribution in [3.05, 3.63) is 45.9 Å². The Morgan fingerprint density at radius 1 is 1.50 bits per heavy atom. The summed E-state index contributed by atoms with van der Waals surface area (Å²) in [4.78, 5) is 0. The minimum Gasteiger partial charge on any atom is -0.323 e. The fourth-order valence-electron chi connectivity index (χ4n) is 1.59. The molecule has 4 nitrogen and oxygen atoms in total. The van der Waals surface area contributed by atoms with Gasteiger partial charge in [0.05, 0.1) is 24.5 Å². The van der Waals surface area contributed by atoms with Crippen LogP contribution in [-0.4, -0.2) is 15.0 Å². The third-order valence-corrected chi connectivity index (χ3v) is 3.22. The SMILES string of the molecule is CCC(N)c1cn(Cc2ccc(Br)cc2F)nn1. The Morgan fingerprint density at radius 3 is 2.94 bits per heavy atom. The molecule has 0 amide bonds. The van der Waals surface area contributed by atoms with Crippen LogP contribution in [0.4, 0.5) is 4.39 Å². The van der Waals surface area contributed by atoms with Crippen molar-refractivity contribution in [2.45, 2.75) is 25.9 Å². The first kappa shape index (κ1) is 13.2. The predicted molar refractivity (Wildman–Crippen MR) is 70.4 cm³/mol. The van der Waals surface area contributed by atoms with Gasteiger partial charge in [-0.05, 0) is 18.6 Å². The normalized spacial score (nSPS) is 12.7. The van der Waals surface area contributed by atoms with Gasteiger partial charge in [-0.2, -0.15) is 0 Å². The van der Waals surface area contributed by atoms with Crippen LogP contribution in [0.5, 0.6) is 0 Å². The first-order chi connectivity index (χ1) is 8.60. The van der Waals surface area contributed by atoms with Crippen LogP contribution in [0.25, 0.3) is 0 Å². The van der Waals surface area contributed by atoms with Gasteiger partial charge in [0, 0.05) is 10.0 Å². The van der Waals surface area contributed by atoms with Crippen LogP contribution in [0.1, 0.15) is 30.6 Å². The monoisotopic (exact) mass is 312 g/mol. The summed E-state index contributed by atoms with van der Waals surface area (Å²) in [7, 11) is 0. The molecular weight excluding hydrogens is 299 g/mol. The molecule has 0 aliphatic heterocycles. The maximum Gasteiger partial charge on any atom is 0.129 e. The fourth-order valence-corrected chi connectivity index (χ4v) is 1.93. The maximum absolute atomic E-state index is 13.7. The van der Waals surface area contributed by atoms with Gasteiger partial charge in [0.15, 0.2) is 0 Å². The Bertz CT molecular complexity index is 541. The van der Waals surface area contributed by atoms with E-state index in [9.17, 15) is 4.39 Å². The molecule has 1 atom stereocenters. The molecule has 2 aromatic rings. The molecular formula is C12H14BrFN4. The largest absolute Gasteiger partial charge is 0.323 e. The number of rotatable bonds is 4. The van der Waals surface area contributed by atoms with Gasteiger partial charge >= 0.3 is 0 Å². The van der Waals surface area contributed by atoms with E-state index in [2.05, 4.69) is 26.2 Å². The zero-order chi connectivity index (χ0) is 13.1. The number of benzene rings is 1. The highest BCUT2D eigenvalue weighted by molar-refractivity contribution is 9.10.